The van der Waals surface area contributed by atoms with Gasteiger partial charge in [0.1, 0.15) is 5.78 Å². The Morgan fingerprint density at radius 2 is 1.56 bits per heavy atom. The molecule has 0 radical (unpaired) electrons. The summed E-state index contributed by atoms with van der Waals surface area (Å²) >= 11 is 0. The summed E-state index contributed by atoms with van der Waals surface area (Å²) in [6.45, 7) is 3.63. The molecule has 3 aromatic carbocycles. The number of hydrogen-bond donors (Lipinski definition) is 0. The lowest BCUT2D eigenvalue weighted by atomic mass is 9.99. The van der Waals surface area contributed by atoms with Gasteiger partial charge in [0, 0.05) is 25.9 Å². The minimum absolute atomic E-state index is 0.219. The predicted molar refractivity (Wildman–Crippen MR) is 127 cm³/mol. The summed E-state index contributed by atoms with van der Waals surface area (Å²) in [5.41, 5.74) is 6.39. The zero-order chi connectivity index (χ0) is 22.3. The van der Waals surface area contributed by atoms with Gasteiger partial charge in [-0.15, -0.1) is 5.10 Å². The van der Waals surface area contributed by atoms with Gasteiger partial charge in [-0.2, -0.15) is 0 Å². The Balaban J connectivity index is 1.33. The van der Waals surface area contributed by atoms with E-state index in [1.165, 1.54) is 5.56 Å². The van der Waals surface area contributed by atoms with Crippen molar-refractivity contribution in [3.63, 3.8) is 0 Å². The fraction of sp³-hybridized carbons (Fsp3) is 0.222. The monoisotopic (exact) mass is 424 g/mol. The number of ketones is 1. The Morgan fingerprint density at radius 3 is 2.31 bits per heavy atom. The maximum absolute atomic E-state index is 12.5. The maximum Gasteiger partial charge on any atom is 0.141 e. The van der Waals surface area contributed by atoms with Gasteiger partial charge in [0.05, 0.1) is 17.6 Å². The molecule has 0 atom stereocenters. The van der Waals surface area contributed by atoms with E-state index in [1.807, 2.05) is 67.7 Å². The average Bonchev–Trinajstić information content (AvgIpc) is 3.25. The molecule has 0 aliphatic heterocycles. The molecule has 0 unspecified atom stereocenters. The van der Waals surface area contributed by atoms with Crippen LogP contribution in [-0.4, -0.2) is 32.7 Å². The van der Waals surface area contributed by atoms with Gasteiger partial charge in [0.15, 0.2) is 0 Å². The molecule has 4 aromatic rings. The third kappa shape index (κ3) is 5.77. The van der Waals surface area contributed by atoms with Gasteiger partial charge in [-0.25, -0.2) is 4.68 Å². The highest BCUT2D eigenvalue weighted by Gasteiger charge is 2.09. The number of aromatic nitrogens is 3. The van der Waals surface area contributed by atoms with E-state index in [1.54, 1.807) is 4.68 Å². The summed E-state index contributed by atoms with van der Waals surface area (Å²) < 4.78 is 1.78. The molecular weight excluding hydrogens is 396 g/mol. The van der Waals surface area contributed by atoms with Gasteiger partial charge in [0.25, 0.3) is 0 Å². The molecule has 0 fully saturated rings. The zero-order valence-electron chi connectivity index (χ0n) is 18.6. The van der Waals surface area contributed by atoms with Crippen molar-refractivity contribution in [2.75, 3.05) is 7.05 Å². The van der Waals surface area contributed by atoms with Crippen molar-refractivity contribution >= 4 is 5.78 Å². The lowest BCUT2D eigenvalue weighted by molar-refractivity contribution is -0.117. The van der Waals surface area contributed by atoms with Crippen molar-refractivity contribution < 1.29 is 4.79 Å². The minimum atomic E-state index is 0.219. The first-order chi connectivity index (χ1) is 15.6. The molecule has 0 saturated heterocycles. The van der Waals surface area contributed by atoms with Crippen LogP contribution in [0.2, 0.25) is 0 Å². The summed E-state index contributed by atoms with van der Waals surface area (Å²) in [7, 11) is 2.08. The standard InChI is InChI=1S/C27H28N4O/c1-21-8-6-7-11-24(21)17-27(32)16-22-12-14-26(15-13-22)31-20-25(28-29-31)19-30(2)18-23-9-4-3-5-10-23/h3-15,20H,16-19H2,1-2H3. The average molecular weight is 425 g/mol. The quantitative estimate of drug-likeness (QED) is 0.395. The zero-order valence-corrected chi connectivity index (χ0v) is 18.6. The van der Waals surface area contributed by atoms with Crippen LogP contribution < -0.4 is 0 Å². The SMILES string of the molecule is Cc1ccccc1CC(=O)Cc1ccc(-n2cc(CN(C)Cc3ccccc3)nn2)cc1. The van der Waals surface area contributed by atoms with Gasteiger partial charge in [0.2, 0.25) is 0 Å². The Kier molecular flexibility index (Phi) is 6.87. The van der Waals surface area contributed by atoms with Crippen LogP contribution in [0.15, 0.2) is 85.1 Å². The van der Waals surface area contributed by atoms with Crippen LogP contribution in [0.5, 0.6) is 0 Å². The van der Waals surface area contributed by atoms with Crippen LogP contribution in [0, 0.1) is 6.92 Å². The predicted octanol–water partition coefficient (Wildman–Crippen LogP) is 4.56. The van der Waals surface area contributed by atoms with Crippen LogP contribution in [0.1, 0.15) is 27.9 Å². The smallest absolute Gasteiger partial charge is 0.141 e. The summed E-state index contributed by atoms with van der Waals surface area (Å²) in [6, 6.07) is 26.4. The van der Waals surface area contributed by atoms with E-state index < -0.39 is 0 Å². The molecule has 1 aromatic heterocycles. The van der Waals surface area contributed by atoms with Gasteiger partial charge >= 0.3 is 0 Å². The molecule has 0 aliphatic rings. The van der Waals surface area contributed by atoms with E-state index in [4.69, 9.17) is 0 Å². The second-order valence-corrected chi connectivity index (χ2v) is 8.30. The lowest BCUT2D eigenvalue weighted by Crippen LogP contribution is -2.17. The molecule has 0 bridgehead atoms. The van der Waals surface area contributed by atoms with Crippen molar-refractivity contribution in [3.8, 4) is 5.69 Å². The van der Waals surface area contributed by atoms with Crippen molar-refractivity contribution in [2.45, 2.75) is 32.9 Å². The van der Waals surface area contributed by atoms with E-state index in [0.29, 0.717) is 12.8 Å². The Labute approximate surface area is 189 Å². The van der Waals surface area contributed by atoms with Crippen molar-refractivity contribution in [1.29, 1.82) is 0 Å². The van der Waals surface area contributed by atoms with E-state index in [9.17, 15) is 4.79 Å². The number of nitrogens with zero attached hydrogens (tertiary/aromatic N) is 4. The first-order valence-corrected chi connectivity index (χ1v) is 10.9. The first-order valence-electron chi connectivity index (χ1n) is 10.9. The second-order valence-electron chi connectivity index (χ2n) is 8.30. The van der Waals surface area contributed by atoms with Crippen LogP contribution in [0.3, 0.4) is 0 Å². The molecule has 1 heterocycles. The fourth-order valence-corrected chi connectivity index (χ4v) is 3.80. The van der Waals surface area contributed by atoms with Gasteiger partial charge in [-0.05, 0) is 48.4 Å². The van der Waals surface area contributed by atoms with Gasteiger partial charge < -0.3 is 0 Å². The molecule has 162 valence electrons. The van der Waals surface area contributed by atoms with Crippen molar-refractivity contribution in [1.82, 2.24) is 19.9 Å². The normalized spacial score (nSPS) is 11.1. The number of carbonyl (C=O) groups excluding carboxylic acids is 1. The Bertz CT molecular complexity index is 1170. The summed E-state index contributed by atoms with van der Waals surface area (Å²) in [5.74, 6) is 0.219. The molecule has 4 rings (SSSR count). The molecule has 0 amide bonds. The number of carbonyl (C=O) groups is 1. The topological polar surface area (TPSA) is 51.0 Å². The van der Waals surface area contributed by atoms with Crippen LogP contribution in [0.25, 0.3) is 5.69 Å². The third-order valence-electron chi connectivity index (χ3n) is 5.52. The summed E-state index contributed by atoms with van der Waals surface area (Å²) in [4.78, 5) is 14.7. The molecule has 5 nitrogen and oxygen atoms in total. The molecule has 5 heteroatoms. The molecule has 0 N–H and O–H groups in total. The molecule has 0 spiro atoms. The number of aryl methyl sites for hydroxylation is 1. The Hall–Kier alpha value is -3.57. The number of hydrogen-bond acceptors (Lipinski definition) is 4. The fourth-order valence-electron chi connectivity index (χ4n) is 3.80. The van der Waals surface area contributed by atoms with Crippen LogP contribution >= 0.6 is 0 Å². The van der Waals surface area contributed by atoms with E-state index >= 15 is 0 Å². The molecule has 0 saturated carbocycles. The molecule has 0 aliphatic carbocycles. The number of Topliss-reactive ketones (excluding diaryl/α,β-unsaturated/α-hetero) is 1. The van der Waals surface area contributed by atoms with Gasteiger partial charge in [-0.1, -0.05) is 71.9 Å². The van der Waals surface area contributed by atoms with Crippen molar-refractivity contribution in [3.05, 3.63) is 113 Å². The highest BCUT2D eigenvalue weighted by Crippen LogP contribution is 2.14. The van der Waals surface area contributed by atoms with E-state index in [2.05, 4.69) is 46.5 Å². The van der Waals surface area contributed by atoms with E-state index in [-0.39, 0.29) is 5.78 Å². The van der Waals surface area contributed by atoms with Crippen molar-refractivity contribution in [2.24, 2.45) is 0 Å². The molecule has 32 heavy (non-hydrogen) atoms. The summed E-state index contributed by atoms with van der Waals surface area (Å²) in [6.07, 6.45) is 2.86. The summed E-state index contributed by atoms with van der Waals surface area (Å²) in [5, 5.41) is 8.59. The van der Waals surface area contributed by atoms with Crippen LogP contribution in [-0.2, 0) is 30.7 Å². The highest BCUT2D eigenvalue weighted by atomic mass is 16.1. The third-order valence-corrected chi connectivity index (χ3v) is 5.52. The number of rotatable bonds is 9. The maximum atomic E-state index is 12.5. The van der Waals surface area contributed by atoms with Crippen LogP contribution in [0.4, 0.5) is 0 Å². The second kappa shape index (κ2) is 10.2. The minimum Gasteiger partial charge on any atom is -0.299 e. The number of benzene rings is 3. The first kappa shape index (κ1) is 21.7. The highest BCUT2D eigenvalue weighted by molar-refractivity contribution is 5.83. The lowest BCUT2D eigenvalue weighted by Gasteiger charge is -2.14. The Morgan fingerprint density at radius 1 is 0.844 bits per heavy atom. The molecular formula is C27H28N4O. The van der Waals surface area contributed by atoms with E-state index in [0.717, 1.165) is 41.2 Å². The van der Waals surface area contributed by atoms with Gasteiger partial charge in [-0.3, -0.25) is 9.69 Å². The largest absolute Gasteiger partial charge is 0.299 e.